The van der Waals surface area contributed by atoms with Gasteiger partial charge in [0, 0.05) is 12.5 Å². The number of methoxy groups -OCH3 is 2. The van der Waals surface area contributed by atoms with Crippen LogP contribution in [0, 0.1) is 16.0 Å². The Balaban J connectivity index is 1.78. The van der Waals surface area contributed by atoms with Gasteiger partial charge in [-0.05, 0) is 36.5 Å². The number of ether oxygens (including phenoxy) is 2. The van der Waals surface area contributed by atoms with E-state index in [1.165, 1.54) is 0 Å². The molecule has 0 saturated heterocycles. The Kier molecular flexibility index (Phi) is 5.20. The van der Waals surface area contributed by atoms with E-state index in [4.69, 9.17) is 9.47 Å². The number of hydrogen-bond donors (Lipinski definition) is 1. The van der Waals surface area contributed by atoms with Crippen molar-refractivity contribution in [1.82, 2.24) is 10.2 Å². The molecule has 0 radical (unpaired) electrons. The summed E-state index contributed by atoms with van der Waals surface area (Å²) in [5.74, 6) is -0.519. The first kappa shape index (κ1) is 18.6. The fraction of sp³-hybridized carbons (Fsp3) is 0.389. The van der Waals surface area contributed by atoms with E-state index < -0.39 is 22.3 Å². The third-order valence-corrected chi connectivity index (χ3v) is 4.86. The highest BCUT2D eigenvalue weighted by Crippen LogP contribution is 2.38. The van der Waals surface area contributed by atoms with Crippen LogP contribution in [0.25, 0.3) is 0 Å². The molecule has 1 N–H and O–H groups in total. The summed E-state index contributed by atoms with van der Waals surface area (Å²) in [6, 6.07) is 5.45. The van der Waals surface area contributed by atoms with E-state index in [0.717, 1.165) is 11.8 Å². The molecule has 0 amide bonds. The number of hydrogen-bond acceptors (Lipinski definition) is 7. The lowest BCUT2D eigenvalue weighted by Crippen LogP contribution is -2.31. The van der Waals surface area contributed by atoms with Crippen LogP contribution in [-0.2, 0) is 4.79 Å². The molecule has 1 aromatic heterocycles. The molecule has 27 heavy (non-hydrogen) atoms. The van der Waals surface area contributed by atoms with E-state index in [9.17, 15) is 19.7 Å². The number of H-pyrrole nitrogens is 1. The second-order valence-corrected chi connectivity index (χ2v) is 6.39. The van der Waals surface area contributed by atoms with Gasteiger partial charge in [0.05, 0.1) is 25.1 Å². The lowest BCUT2D eigenvalue weighted by Gasteiger charge is -2.27. The zero-order valence-electron chi connectivity index (χ0n) is 14.9. The molecule has 142 valence electrons. The van der Waals surface area contributed by atoms with Crippen molar-refractivity contribution >= 4 is 17.3 Å². The smallest absolute Gasteiger partial charge is 0.317 e. The third kappa shape index (κ3) is 3.67. The van der Waals surface area contributed by atoms with Crippen molar-refractivity contribution in [3.8, 4) is 11.5 Å². The highest BCUT2D eigenvalue weighted by molar-refractivity contribution is 6.11. The monoisotopic (exact) mass is 373 g/mol. The minimum absolute atomic E-state index is 0.0673. The Morgan fingerprint density at radius 2 is 1.89 bits per heavy atom. The first-order valence-electron chi connectivity index (χ1n) is 8.42. The summed E-state index contributed by atoms with van der Waals surface area (Å²) in [4.78, 5) is 35.5. The average molecular weight is 373 g/mol. The molecule has 1 heterocycles. The van der Waals surface area contributed by atoms with Gasteiger partial charge in [-0.2, -0.15) is 5.10 Å². The van der Waals surface area contributed by atoms with Gasteiger partial charge in [-0.3, -0.25) is 24.8 Å². The molecule has 1 aliphatic carbocycles. The molecule has 1 saturated carbocycles. The second kappa shape index (κ2) is 7.56. The lowest BCUT2D eigenvalue weighted by molar-refractivity contribution is -0.385. The van der Waals surface area contributed by atoms with E-state index in [1.54, 1.807) is 20.3 Å². The van der Waals surface area contributed by atoms with Crippen molar-refractivity contribution in [1.29, 1.82) is 0 Å². The zero-order chi connectivity index (χ0) is 19.6. The van der Waals surface area contributed by atoms with Gasteiger partial charge in [-0.1, -0.05) is 0 Å². The summed E-state index contributed by atoms with van der Waals surface area (Å²) in [5, 5.41) is 16.9. The number of carbonyl (C=O) groups is 2. The first-order valence-corrected chi connectivity index (χ1v) is 8.42. The summed E-state index contributed by atoms with van der Waals surface area (Å²) < 4.78 is 10.5. The van der Waals surface area contributed by atoms with E-state index in [1.807, 2.05) is 12.1 Å². The van der Waals surface area contributed by atoms with Crippen molar-refractivity contribution in [3.05, 3.63) is 45.8 Å². The number of rotatable bonds is 6. The fourth-order valence-corrected chi connectivity index (χ4v) is 3.42. The molecule has 0 aliphatic heterocycles. The molecular formula is C18H19N3O6. The highest BCUT2D eigenvalue weighted by atomic mass is 16.6. The van der Waals surface area contributed by atoms with Crippen LogP contribution in [0.3, 0.4) is 0 Å². The molecular weight excluding hydrogens is 354 g/mol. The standard InChI is InChI=1S/C18H19N3O6/c1-26-12-5-11(6-13(8-12)27-2)10-3-4-14(16(22)7-10)18(23)17-15(21(24)25)9-19-20-17/h5-6,8-10,14H,3-4,7H2,1-2H3,(H,19,20). The van der Waals surface area contributed by atoms with Gasteiger partial charge in [0.15, 0.2) is 11.5 Å². The minimum Gasteiger partial charge on any atom is -0.497 e. The van der Waals surface area contributed by atoms with Crippen LogP contribution >= 0.6 is 0 Å². The molecule has 2 atom stereocenters. The van der Waals surface area contributed by atoms with Gasteiger partial charge < -0.3 is 9.47 Å². The van der Waals surface area contributed by atoms with E-state index in [2.05, 4.69) is 10.2 Å². The van der Waals surface area contributed by atoms with Crippen molar-refractivity contribution in [2.45, 2.75) is 25.2 Å². The highest BCUT2D eigenvalue weighted by Gasteiger charge is 2.38. The van der Waals surface area contributed by atoms with Crippen LogP contribution in [0.15, 0.2) is 24.4 Å². The van der Waals surface area contributed by atoms with Crippen molar-refractivity contribution < 1.29 is 24.0 Å². The van der Waals surface area contributed by atoms with Crippen LogP contribution in [0.4, 0.5) is 5.69 Å². The maximum Gasteiger partial charge on any atom is 0.317 e. The normalized spacial score (nSPS) is 19.6. The first-order chi connectivity index (χ1) is 12.9. The number of ketones is 2. The number of nitro groups is 1. The predicted molar refractivity (Wildman–Crippen MR) is 94.2 cm³/mol. The SMILES string of the molecule is COc1cc(OC)cc(C2CCC(C(=O)c3[nH]ncc3[N+](=O)[O-])C(=O)C2)c1. The molecule has 0 spiro atoms. The van der Waals surface area contributed by atoms with Crippen molar-refractivity contribution in [3.63, 3.8) is 0 Å². The Morgan fingerprint density at radius 3 is 2.44 bits per heavy atom. The number of nitrogens with zero attached hydrogens (tertiary/aromatic N) is 2. The lowest BCUT2D eigenvalue weighted by atomic mass is 9.75. The van der Waals surface area contributed by atoms with Gasteiger partial charge in [0.2, 0.25) is 0 Å². The minimum atomic E-state index is -0.895. The van der Waals surface area contributed by atoms with Crippen LogP contribution in [-0.4, -0.2) is 40.9 Å². The predicted octanol–water partition coefficient (Wildman–Crippen LogP) is 2.67. The summed E-state index contributed by atoms with van der Waals surface area (Å²) in [5.41, 5.74) is 0.269. The summed E-state index contributed by atoms with van der Waals surface area (Å²) in [7, 11) is 3.10. The van der Waals surface area contributed by atoms with Gasteiger partial charge in [0.1, 0.15) is 23.5 Å². The van der Waals surface area contributed by atoms with Crippen LogP contribution in [0.1, 0.15) is 41.2 Å². The number of benzene rings is 1. The molecule has 9 nitrogen and oxygen atoms in total. The number of nitrogens with one attached hydrogen (secondary N) is 1. The topological polar surface area (TPSA) is 124 Å². The zero-order valence-corrected chi connectivity index (χ0v) is 14.9. The Bertz CT molecular complexity index is 869. The molecule has 1 aliphatic rings. The van der Waals surface area contributed by atoms with Crippen LogP contribution in [0.5, 0.6) is 11.5 Å². The van der Waals surface area contributed by atoms with Gasteiger partial charge in [-0.25, -0.2) is 0 Å². The molecule has 9 heteroatoms. The number of Topliss-reactive ketones (excluding diaryl/α,β-unsaturated/α-hetero) is 2. The quantitative estimate of drug-likeness (QED) is 0.357. The second-order valence-electron chi connectivity index (χ2n) is 6.39. The molecule has 2 unspecified atom stereocenters. The summed E-state index contributed by atoms with van der Waals surface area (Å²) >= 11 is 0. The van der Waals surface area contributed by atoms with Gasteiger partial charge >= 0.3 is 5.69 Å². The molecule has 1 aromatic carbocycles. The van der Waals surface area contributed by atoms with E-state index in [-0.39, 0.29) is 23.8 Å². The number of carbonyl (C=O) groups excluding carboxylic acids is 2. The van der Waals surface area contributed by atoms with Gasteiger partial charge in [-0.15, -0.1) is 0 Å². The third-order valence-electron chi connectivity index (χ3n) is 4.86. The average Bonchev–Trinajstić information content (AvgIpc) is 3.17. The molecule has 3 rings (SSSR count). The Labute approximate surface area is 154 Å². The van der Waals surface area contributed by atoms with Gasteiger partial charge in [0.25, 0.3) is 0 Å². The number of aromatic nitrogens is 2. The Hall–Kier alpha value is -3.23. The van der Waals surface area contributed by atoms with E-state index >= 15 is 0 Å². The van der Waals surface area contributed by atoms with E-state index in [0.29, 0.717) is 24.3 Å². The van der Waals surface area contributed by atoms with Crippen LogP contribution in [0.2, 0.25) is 0 Å². The molecule has 2 aromatic rings. The Morgan fingerprint density at radius 1 is 1.22 bits per heavy atom. The number of aromatic amines is 1. The maximum absolute atomic E-state index is 12.6. The van der Waals surface area contributed by atoms with Crippen molar-refractivity contribution in [2.24, 2.45) is 5.92 Å². The summed E-state index contributed by atoms with van der Waals surface area (Å²) in [6.07, 6.45) is 2.07. The molecule has 0 bridgehead atoms. The maximum atomic E-state index is 12.6. The fourth-order valence-electron chi connectivity index (χ4n) is 3.42. The molecule has 1 fully saturated rings. The van der Waals surface area contributed by atoms with Crippen LogP contribution < -0.4 is 9.47 Å². The summed E-state index contributed by atoms with van der Waals surface area (Å²) in [6.45, 7) is 0. The van der Waals surface area contributed by atoms with Crippen molar-refractivity contribution in [2.75, 3.05) is 14.2 Å². The largest absolute Gasteiger partial charge is 0.497 e.